The molecule has 0 radical (unpaired) electrons. The van der Waals surface area contributed by atoms with Crippen LogP contribution in [-0.4, -0.2) is 32.5 Å². The van der Waals surface area contributed by atoms with E-state index < -0.39 is 10.8 Å². The van der Waals surface area contributed by atoms with Crippen molar-refractivity contribution in [3.8, 4) is 17.2 Å². The van der Waals surface area contributed by atoms with Crippen LogP contribution < -0.4 is 14.8 Å². The van der Waals surface area contributed by atoms with E-state index in [1.807, 2.05) is 0 Å². The second-order valence-corrected chi connectivity index (χ2v) is 6.66. The van der Waals surface area contributed by atoms with Crippen LogP contribution in [0.3, 0.4) is 0 Å². The normalized spacial score (nSPS) is 10.6. The minimum atomic E-state index is -0.597. The quantitative estimate of drug-likeness (QED) is 0.350. The van der Waals surface area contributed by atoms with Crippen LogP contribution in [-0.2, 0) is 0 Å². The molecule has 0 spiro atoms. The van der Waals surface area contributed by atoms with Gasteiger partial charge in [0.05, 0.1) is 18.2 Å². The second kappa shape index (κ2) is 8.28. The van der Waals surface area contributed by atoms with Crippen LogP contribution in [0.15, 0.2) is 60.9 Å². The Morgan fingerprint density at radius 3 is 2.68 bits per heavy atom. The summed E-state index contributed by atoms with van der Waals surface area (Å²) >= 11 is 5.83. The SMILES string of the molecule is COc1cc(C(=O)Nc2ccnc3ccnn23)ccc1Oc1ccc(Cl)cc1[N+](=O)[O-]. The van der Waals surface area contributed by atoms with E-state index in [0.29, 0.717) is 11.5 Å². The van der Waals surface area contributed by atoms with E-state index in [-0.39, 0.29) is 33.5 Å². The third kappa shape index (κ3) is 4.09. The summed E-state index contributed by atoms with van der Waals surface area (Å²) in [6.07, 6.45) is 3.13. The third-order valence-electron chi connectivity index (χ3n) is 4.30. The van der Waals surface area contributed by atoms with E-state index in [9.17, 15) is 14.9 Å². The number of benzene rings is 2. The molecular formula is C20H14ClN5O5. The van der Waals surface area contributed by atoms with Crippen molar-refractivity contribution in [2.45, 2.75) is 0 Å². The predicted octanol–water partition coefficient (Wildman–Crippen LogP) is 4.34. The van der Waals surface area contributed by atoms with Gasteiger partial charge in [0.25, 0.3) is 5.91 Å². The Labute approximate surface area is 180 Å². The molecule has 31 heavy (non-hydrogen) atoms. The van der Waals surface area contributed by atoms with Gasteiger partial charge in [0.2, 0.25) is 5.75 Å². The van der Waals surface area contributed by atoms with E-state index in [1.165, 1.54) is 48.0 Å². The highest BCUT2D eigenvalue weighted by Gasteiger charge is 2.19. The van der Waals surface area contributed by atoms with Crippen molar-refractivity contribution in [2.24, 2.45) is 0 Å². The van der Waals surface area contributed by atoms with Crippen LogP contribution in [0.2, 0.25) is 5.02 Å². The van der Waals surface area contributed by atoms with Gasteiger partial charge in [0.1, 0.15) is 5.82 Å². The number of nitro benzene ring substituents is 1. The van der Waals surface area contributed by atoms with Crippen molar-refractivity contribution in [2.75, 3.05) is 12.4 Å². The van der Waals surface area contributed by atoms with E-state index in [2.05, 4.69) is 15.4 Å². The van der Waals surface area contributed by atoms with Gasteiger partial charge in [-0.15, -0.1) is 0 Å². The van der Waals surface area contributed by atoms with Crippen LogP contribution in [0.25, 0.3) is 5.65 Å². The predicted molar refractivity (Wildman–Crippen MR) is 112 cm³/mol. The highest BCUT2D eigenvalue weighted by atomic mass is 35.5. The fourth-order valence-corrected chi connectivity index (χ4v) is 3.02. The Morgan fingerprint density at radius 2 is 1.90 bits per heavy atom. The number of methoxy groups -OCH3 is 1. The largest absolute Gasteiger partial charge is 0.493 e. The third-order valence-corrected chi connectivity index (χ3v) is 4.53. The van der Waals surface area contributed by atoms with Gasteiger partial charge in [0, 0.05) is 28.9 Å². The summed E-state index contributed by atoms with van der Waals surface area (Å²) in [5.74, 6) is 0.433. The minimum absolute atomic E-state index is 0.0113. The van der Waals surface area contributed by atoms with Crippen LogP contribution in [0.5, 0.6) is 17.2 Å². The molecule has 0 aliphatic heterocycles. The molecule has 1 amide bonds. The number of amides is 1. The molecule has 0 saturated carbocycles. The van der Waals surface area contributed by atoms with Gasteiger partial charge < -0.3 is 14.8 Å². The Hall–Kier alpha value is -4.18. The number of carbonyl (C=O) groups is 1. The molecule has 2 aromatic heterocycles. The van der Waals surface area contributed by atoms with E-state index in [4.69, 9.17) is 21.1 Å². The Balaban J connectivity index is 1.61. The van der Waals surface area contributed by atoms with Gasteiger partial charge in [-0.2, -0.15) is 9.61 Å². The molecular weight excluding hydrogens is 426 g/mol. The maximum atomic E-state index is 12.7. The van der Waals surface area contributed by atoms with Crippen LogP contribution in [0, 0.1) is 10.1 Å². The lowest BCUT2D eigenvalue weighted by Gasteiger charge is -2.12. The lowest BCUT2D eigenvalue weighted by Crippen LogP contribution is -2.15. The first-order valence-electron chi connectivity index (χ1n) is 8.86. The Kier molecular flexibility index (Phi) is 5.37. The van der Waals surface area contributed by atoms with Gasteiger partial charge in [-0.05, 0) is 36.4 Å². The van der Waals surface area contributed by atoms with Gasteiger partial charge in [-0.25, -0.2) is 4.98 Å². The molecule has 11 heteroatoms. The number of hydrogen-bond donors (Lipinski definition) is 1. The Morgan fingerprint density at radius 1 is 1.10 bits per heavy atom. The van der Waals surface area contributed by atoms with Gasteiger partial charge in [-0.3, -0.25) is 14.9 Å². The van der Waals surface area contributed by atoms with Gasteiger partial charge >= 0.3 is 5.69 Å². The fraction of sp³-hybridized carbons (Fsp3) is 0.0500. The van der Waals surface area contributed by atoms with E-state index in [0.717, 1.165) is 0 Å². The molecule has 4 rings (SSSR count). The molecule has 2 aromatic carbocycles. The van der Waals surface area contributed by atoms with Crippen LogP contribution in [0.4, 0.5) is 11.5 Å². The second-order valence-electron chi connectivity index (χ2n) is 6.22. The molecule has 0 atom stereocenters. The average molecular weight is 440 g/mol. The molecule has 4 aromatic rings. The van der Waals surface area contributed by atoms with Gasteiger partial charge in [0.15, 0.2) is 17.1 Å². The van der Waals surface area contributed by atoms with Crippen molar-refractivity contribution in [3.63, 3.8) is 0 Å². The summed E-state index contributed by atoms with van der Waals surface area (Å²) in [5, 5.41) is 18.4. The maximum Gasteiger partial charge on any atom is 0.313 e. The molecule has 10 nitrogen and oxygen atoms in total. The summed E-state index contributed by atoms with van der Waals surface area (Å²) in [7, 11) is 1.40. The number of nitrogens with one attached hydrogen (secondary N) is 1. The number of aromatic nitrogens is 3. The minimum Gasteiger partial charge on any atom is -0.493 e. The smallest absolute Gasteiger partial charge is 0.313 e. The van der Waals surface area contributed by atoms with E-state index in [1.54, 1.807) is 24.5 Å². The molecule has 156 valence electrons. The van der Waals surface area contributed by atoms with Crippen molar-refractivity contribution in [1.29, 1.82) is 0 Å². The summed E-state index contributed by atoms with van der Waals surface area (Å²) < 4.78 is 12.5. The molecule has 1 N–H and O–H groups in total. The molecule has 0 aliphatic carbocycles. The Bertz CT molecular complexity index is 1310. The van der Waals surface area contributed by atoms with Crippen molar-refractivity contribution < 1.29 is 19.2 Å². The lowest BCUT2D eigenvalue weighted by molar-refractivity contribution is -0.385. The average Bonchev–Trinajstić information content (AvgIpc) is 3.25. The molecule has 0 unspecified atom stereocenters. The first kappa shape index (κ1) is 20.1. The zero-order chi connectivity index (χ0) is 22.0. The molecule has 0 fully saturated rings. The fourth-order valence-electron chi connectivity index (χ4n) is 2.85. The van der Waals surface area contributed by atoms with Crippen molar-refractivity contribution >= 4 is 34.7 Å². The van der Waals surface area contributed by atoms with Crippen LogP contribution in [0.1, 0.15) is 10.4 Å². The molecule has 2 heterocycles. The monoisotopic (exact) mass is 439 g/mol. The summed E-state index contributed by atoms with van der Waals surface area (Å²) in [4.78, 5) is 27.6. The summed E-state index contributed by atoms with van der Waals surface area (Å²) in [5.41, 5.74) is 0.577. The van der Waals surface area contributed by atoms with Crippen molar-refractivity contribution in [1.82, 2.24) is 14.6 Å². The summed E-state index contributed by atoms with van der Waals surface area (Å²) in [6.45, 7) is 0. The zero-order valence-corrected chi connectivity index (χ0v) is 16.7. The highest BCUT2D eigenvalue weighted by molar-refractivity contribution is 6.30. The number of ether oxygens (including phenoxy) is 2. The number of fused-ring (bicyclic) bond motifs is 1. The first-order chi connectivity index (χ1) is 15.0. The molecule has 0 aliphatic rings. The van der Waals surface area contributed by atoms with Crippen molar-refractivity contribution in [3.05, 3.63) is 81.6 Å². The van der Waals surface area contributed by atoms with Gasteiger partial charge in [-0.1, -0.05) is 11.6 Å². The lowest BCUT2D eigenvalue weighted by atomic mass is 10.2. The maximum absolute atomic E-state index is 12.7. The first-order valence-corrected chi connectivity index (χ1v) is 9.24. The molecule has 0 saturated heterocycles. The number of halogens is 1. The number of hydrogen-bond acceptors (Lipinski definition) is 7. The highest BCUT2D eigenvalue weighted by Crippen LogP contribution is 2.38. The number of carbonyl (C=O) groups excluding carboxylic acids is 1. The zero-order valence-electron chi connectivity index (χ0n) is 16.0. The number of anilines is 1. The summed E-state index contributed by atoms with van der Waals surface area (Å²) in [6, 6.07) is 11.8. The standard InChI is InChI=1S/C20H14ClN5O5/c1-30-17-10-12(20(27)24-19-6-8-22-18-7-9-23-25(18)19)2-4-16(17)31-15-5-3-13(21)11-14(15)26(28)29/h2-11H,1H3,(H,24,27). The number of nitrogens with zero attached hydrogens (tertiary/aromatic N) is 4. The molecule has 0 bridgehead atoms. The van der Waals surface area contributed by atoms with Crippen LogP contribution >= 0.6 is 11.6 Å². The number of rotatable bonds is 6. The topological polar surface area (TPSA) is 121 Å². The number of nitro groups is 1. The van der Waals surface area contributed by atoms with E-state index >= 15 is 0 Å².